The second-order valence-electron chi connectivity index (χ2n) is 8.22. The van der Waals surface area contributed by atoms with Gasteiger partial charge in [0, 0.05) is 31.0 Å². The van der Waals surface area contributed by atoms with Gasteiger partial charge in [0.05, 0.1) is 26.2 Å². The summed E-state index contributed by atoms with van der Waals surface area (Å²) in [7, 11) is 3.24. The summed E-state index contributed by atoms with van der Waals surface area (Å²) in [6.45, 7) is 3.27. The van der Waals surface area contributed by atoms with Gasteiger partial charge in [0.15, 0.2) is 5.82 Å². The fourth-order valence-electron chi connectivity index (χ4n) is 4.18. The van der Waals surface area contributed by atoms with Gasteiger partial charge in [-0.05, 0) is 50.1 Å². The maximum absolute atomic E-state index is 13.2. The van der Waals surface area contributed by atoms with E-state index in [9.17, 15) is 4.79 Å². The summed E-state index contributed by atoms with van der Waals surface area (Å²) >= 11 is 0. The smallest absolute Gasteiger partial charge is 0.263 e. The molecule has 1 aliphatic rings. The van der Waals surface area contributed by atoms with Gasteiger partial charge >= 0.3 is 0 Å². The number of ether oxygens (including phenoxy) is 3. The van der Waals surface area contributed by atoms with Crippen LogP contribution in [0.15, 0.2) is 60.9 Å². The standard InChI is InChI=1S/C26H30N4O4/c1-18(22-16-21(32-2)11-12-23(22)33-3)29-25(31)19-8-7-15-30(17-19)24-26(28-14-13-27-24)34-20-9-5-4-6-10-20/h4-6,9-14,16,18-19H,7-8,15,17H2,1-3H3,(H,29,31)/t18-,19+/m1/s1. The maximum atomic E-state index is 13.2. The Balaban J connectivity index is 1.46. The minimum absolute atomic E-state index is 0.00325. The second kappa shape index (κ2) is 10.9. The van der Waals surface area contributed by atoms with E-state index in [0.717, 1.165) is 24.9 Å². The third kappa shape index (κ3) is 5.39. The van der Waals surface area contributed by atoms with Crippen LogP contribution in [0.4, 0.5) is 5.82 Å². The summed E-state index contributed by atoms with van der Waals surface area (Å²) in [6, 6.07) is 14.8. The van der Waals surface area contributed by atoms with E-state index >= 15 is 0 Å². The van der Waals surface area contributed by atoms with Crippen molar-refractivity contribution >= 4 is 11.7 Å². The fraction of sp³-hybridized carbons (Fsp3) is 0.346. The average molecular weight is 463 g/mol. The fourth-order valence-corrected chi connectivity index (χ4v) is 4.18. The van der Waals surface area contributed by atoms with Crippen LogP contribution in [0, 0.1) is 5.92 Å². The Labute approximate surface area is 199 Å². The molecule has 1 fully saturated rings. The van der Waals surface area contributed by atoms with Crippen LogP contribution in [0.2, 0.25) is 0 Å². The summed E-state index contributed by atoms with van der Waals surface area (Å²) in [5, 5.41) is 3.15. The van der Waals surface area contributed by atoms with Gasteiger partial charge < -0.3 is 24.4 Å². The number of aromatic nitrogens is 2. The first-order chi connectivity index (χ1) is 16.6. The van der Waals surface area contributed by atoms with Crippen molar-refractivity contribution in [1.29, 1.82) is 0 Å². The maximum Gasteiger partial charge on any atom is 0.263 e. The van der Waals surface area contributed by atoms with Crippen molar-refractivity contribution in [3.8, 4) is 23.1 Å². The van der Waals surface area contributed by atoms with Crippen molar-refractivity contribution < 1.29 is 19.0 Å². The molecule has 34 heavy (non-hydrogen) atoms. The van der Waals surface area contributed by atoms with Gasteiger partial charge in [0.25, 0.3) is 5.88 Å². The molecule has 0 unspecified atom stereocenters. The lowest BCUT2D eigenvalue weighted by atomic mass is 9.96. The first-order valence-corrected chi connectivity index (χ1v) is 11.4. The van der Waals surface area contributed by atoms with E-state index in [0.29, 0.717) is 35.5 Å². The Kier molecular flexibility index (Phi) is 7.47. The molecule has 2 atom stereocenters. The summed E-state index contributed by atoms with van der Waals surface area (Å²) in [5.41, 5.74) is 0.871. The number of amides is 1. The summed E-state index contributed by atoms with van der Waals surface area (Å²) in [6.07, 6.45) is 4.93. The van der Waals surface area contributed by atoms with E-state index < -0.39 is 0 Å². The third-order valence-electron chi connectivity index (χ3n) is 5.96. The average Bonchev–Trinajstić information content (AvgIpc) is 2.89. The van der Waals surface area contributed by atoms with Crippen LogP contribution < -0.4 is 24.4 Å². The molecular weight excluding hydrogens is 432 g/mol. The first kappa shape index (κ1) is 23.4. The van der Waals surface area contributed by atoms with Gasteiger partial charge in [-0.3, -0.25) is 4.79 Å². The molecule has 8 heteroatoms. The van der Waals surface area contributed by atoms with Crippen LogP contribution in [0.25, 0.3) is 0 Å². The Bertz CT molecular complexity index is 1110. The van der Waals surface area contributed by atoms with Crippen LogP contribution in [0.1, 0.15) is 31.4 Å². The van der Waals surface area contributed by atoms with E-state index in [-0.39, 0.29) is 17.9 Å². The predicted octanol–water partition coefficient (Wildman–Crippen LogP) is 4.38. The van der Waals surface area contributed by atoms with Crippen LogP contribution in [-0.2, 0) is 4.79 Å². The molecule has 2 heterocycles. The molecule has 4 rings (SSSR count). The van der Waals surface area contributed by atoms with Crippen molar-refractivity contribution in [3.05, 3.63) is 66.5 Å². The zero-order chi connectivity index (χ0) is 23.9. The minimum atomic E-state index is -0.235. The molecule has 1 amide bonds. The van der Waals surface area contributed by atoms with Gasteiger partial charge in [-0.25, -0.2) is 9.97 Å². The van der Waals surface area contributed by atoms with Crippen molar-refractivity contribution in [3.63, 3.8) is 0 Å². The van der Waals surface area contributed by atoms with Crippen molar-refractivity contribution in [1.82, 2.24) is 15.3 Å². The lowest BCUT2D eigenvalue weighted by molar-refractivity contribution is -0.125. The SMILES string of the molecule is COc1ccc(OC)c([C@@H](C)NC(=O)[C@H]2CCCN(c3nccnc3Oc3ccccc3)C2)c1. The molecule has 1 saturated heterocycles. The molecule has 178 valence electrons. The molecule has 0 bridgehead atoms. The van der Waals surface area contributed by atoms with E-state index in [4.69, 9.17) is 14.2 Å². The molecule has 3 aromatic rings. The molecular formula is C26H30N4O4. The lowest BCUT2D eigenvalue weighted by Gasteiger charge is -2.33. The van der Waals surface area contributed by atoms with Gasteiger partial charge in [0.2, 0.25) is 5.91 Å². The molecule has 8 nitrogen and oxygen atoms in total. The topological polar surface area (TPSA) is 85.8 Å². The normalized spacial score (nSPS) is 16.4. The highest BCUT2D eigenvalue weighted by Crippen LogP contribution is 2.32. The van der Waals surface area contributed by atoms with E-state index in [1.807, 2.05) is 55.5 Å². The van der Waals surface area contributed by atoms with Gasteiger partial charge in [0.1, 0.15) is 17.2 Å². The molecule has 0 radical (unpaired) electrons. The molecule has 1 aromatic heterocycles. The minimum Gasteiger partial charge on any atom is -0.497 e. The second-order valence-corrected chi connectivity index (χ2v) is 8.22. The van der Waals surface area contributed by atoms with E-state index in [1.54, 1.807) is 26.6 Å². The van der Waals surface area contributed by atoms with Gasteiger partial charge in [-0.2, -0.15) is 0 Å². The number of para-hydroxylation sites is 1. The number of carbonyl (C=O) groups excluding carboxylic acids is 1. The molecule has 1 N–H and O–H groups in total. The molecule has 1 aliphatic heterocycles. The summed E-state index contributed by atoms with van der Waals surface area (Å²) < 4.78 is 16.8. The van der Waals surface area contributed by atoms with Gasteiger partial charge in [-0.1, -0.05) is 18.2 Å². The number of rotatable bonds is 8. The van der Waals surface area contributed by atoms with Crippen molar-refractivity contribution in [2.45, 2.75) is 25.8 Å². The highest BCUT2D eigenvalue weighted by molar-refractivity contribution is 5.80. The predicted molar refractivity (Wildman–Crippen MR) is 130 cm³/mol. The van der Waals surface area contributed by atoms with Gasteiger partial charge in [-0.15, -0.1) is 0 Å². The van der Waals surface area contributed by atoms with Crippen LogP contribution in [-0.4, -0.2) is 43.2 Å². The molecule has 0 spiro atoms. The Morgan fingerprint density at radius 1 is 1.06 bits per heavy atom. The van der Waals surface area contributed by atoms with Crippen molar-refractivity contribution in [2.24, 2.45) is 5.92 Å². The number of carbonyl (C=O) groups is 1. The first-order valence-electron chi connectivity index (χ1n) is 11.4. The summed E-state index contributed by atoms with van der Waals surface area (Å²) in [5.74, 6) is 3.01. The Morgan fingerprint density at radius 3 is 2.62 bits per heavy atom. The zero-order valence-corrected chi connectivity index (χ0v) is 19.7. The number of hydrogen-bond acceptors (Lipinski definition) is 7. The van der Waals surface area contributed by atoms with E-state index in [1.165, 1.54) is 0 Å². The molecule has 0 saturated carbocycles. The number of methoxy groups -OCH3 is 2. The largest absolute Gasteiger partial charge is 0.497 e. The quantitative estimate of drug-likeness (QED) is 0.532. The number of anilines is 1. The van der Waals surface area contributed by atoms with Crippen molar-refractivity contribution in [2.75, 3.05) is 32.2 Å². The highest BCUT2D eigenvalue weighted by Gasteiger charge is 2.29. The molecule has 0 aliphatic carbocycles. The Morgan fingerprint density at radius 2 is 1.85 bits per heavy atom. The lowest BCUT2D eigenvalue weighted by Crippen LogP contribution is -2.44. The monoisotopic (exact) mass is 462 g/mol. The number of piperidine rings is 1. The van der Waals surface area contributed by atoms with E-state index in [2.05, 4.69) is 20.2 Å². The Hall–Kier alpha value is -3.81. The number of nitrogens with one attached hydrogen (secondary N) is 1. The number of benzene rings is 2. The zero-order valence-electron chi connectivity index (χ0n) is 19.7. The molecule has 2 aromatic carbocycles. The third-order valence-corrected chi connectivity index (χ3v) is 5.96. The van der Waals surface area contributed by atoms with Crippen LogP contribution >= 0.6 is 0 Å². The van der Waals surface area contributed by atoms with Crippen LogP contribution in [0.3, 0.4) is 0 Å². The number of nitrogens with zero attached hydrogens (tertiary/aromatic N) is 3. The number of hydrogen-bond donors (Lipinski definition) is 1. The van der Waals surface area contributed by atoms with Crippen LogP contribution in [0.5, 0.6) is 23.1 Å². The summed E-state index contributed by atoms with van der Waals surface area (Å²) in [4.78, 5) is 24.2. The highest BCUT2D eigenvalue weighted by atomic mass is 16.5.